The summed E-state index contributed by atoms with van der Waals surface area (Å²) >= 11 is 0. The molecule has 2 heteroatoms. The van der Waals surface area contributed by atoms with E-state index in [1.165, 1.54) is 63.8 Å². The quantitative estimate of drug-likeness (QED) is 0.813. The molecule has 0 bridgehead atoms. The molecule has 2 fully saturated rings. The van der Waals surface area contributed by atoms with E-state index in [2.05, 4.69) is 47.1 Å². The molecule has 0 aliphatic carbocycles. The van der Waals surface area contributed by atoms with Crippen molar-refractivity contribution in [3.05, 3.63) is 35.9 Å². The number of rotatable bonds is 5. The lowest BCUT2D eigenvalue weighted by molar-refractivity contribution is 0.161. The Balaban J connectivity index is 1.46. The van der Waals surface area contributed by atoms with Gasteiger partial charge >= 0.3 is 0 Å². The van der Waals surface area contributed by atoms with Gasteiger partial charge in [-0.25, -0.2) is 0 Å². The fourth-order valence-corrected chi connectivity index (χ4v) is 3.87. The Morgan fingerprint density at radius 1 is 1.00 bits per heavy atom. The van der Waals surface area contributed by atoms with Crippen LogP contribution in [0, 0.1) is 5.92 Å². The van der Waals surface area contributed by atoms with Crippen molar-refractivity contribution in [3.8, 4) is 0 Å². The third-order valence-electron chi connectivity index (χ3n) is 5.38. The third kappa shape index (κ3) is 4.31. The lowest BCUT2D eigenvalue weighted by Crippen LogP contribution is -2.37. The van der Waals surface area contributed by atoms with E-state index in [4.69, 9.17) is 0 Å². The molecule has 2 heterocycles. The van der Waals surface area contributed by atoms with Crippen LogP contribution in [-0.2, 0) is 6.54 Å². The van der Waals surface area contributed by atoms with Crippen molar-refractivity contribution in [1.29, 1.82) is 0 Å². The van der Waals surface area contributed by atoms with Gasteiger partial charge in [-0.3, -0.25) is 4.90 Å². The molecule has 1 aromatic rings. The van der Waals surface area contributed by atoms with Gasteiger partial charge in [0.15, 0.2) is 0 Å². The van der Waals surface area contributed by atoms with E-state index in [9.17, 15) is 0 Å². The van der Waals surface area contributed by atoms with Crippen LogP contribution in [0.3, 0.4) is 0 Å². The van der Waals surface area contributed by atoms with Crippen molar-refractivity contribution in [2.45, 2.75) is 51.6 Å². The smallest absolute Gasteiger partial charge is 0.0236 e. The topological polar surface area (TPSA) is 6.48 Å². The Morgan fingerprint density at radius 2 is 1.76 bits per heavy atom. The maximum atomic E-state index is 2.71. The molecule has 1 unspecified atom stereocenters. The Labute approximate surface area is 130 Å². The number of piperidine rings is 1. The molecule has 0 aromatic heterocycles. The van der Waals surface area contributed by atoms with Gasteiger partial charge in [-0.2, -0.15) is 0 Å². The predicted molar refractivity (Wildman–Crippen MR) is 89.3 cm³/mol. The van der Waals surface area contributed by atoms with Crippen molar-refractivity contribution in [1.82, 2.24) is 9.80 Å². The van der Waals surface area contributed by atoms with Crippen LogP contribution >= 0.6 is 0 Å². The highest BCUT2D eigenvalue weighted by Crippen LogP contribution is 2.24. The molecule has 3 rings (SSSR count). The standard InChI is InChI=1S/C19H30N2/c1-17-9-13-20(14-10-17)15-11-19-8-5-12-21(19)16-18-6-3-2-4-7-18/h2-4,6-7,17,19H,5,8-16H2,1H3. The minimum Gasteiger partial charge on any atom is -0.303 e. The van der Waals surface area contributed by atoms with E-state index in [0.29, 0.717) is 0 Å². The van der Waals surface area contributed by atoms with Crippen LogP contribution in [0.4, 0.5) is 0 Å². The van der Waals surface area contributed by atoms with Gasteiger partial charge in [-0.1, -0.05) is 37.3 Å². The maximum absolute atomic E-state index is 2.71. The summed E-state index contributed by atoms with van der Waals surface area (Å²) in [7, 11) is 0. The number of likely N-dealkylation sites (tertiary alicyclic amines) is 2. The number of hydrogen-bond acceptors (Lipinski definition) is 2. The van der Waals surface area contributed by atoms with E-state index < -0.39 is 0 Å². The zero-order chi connectivity index (χ0) is 14.5. The van der Waals surface area contributed by atoms with Crippen molar-refractivity contribution < 1.29 is 0 Å². The van der Waals surface area contributed by atoms with Gasteiger partial charge in [0.25, 0.3) is 0 Å². The summed E-state index contributed by atoms with van der Waals surface area (Å²) in [6, 6.07) is 11.8. The maximum Gasteiger partial charge on any atom is 0.0236 e. The highest BCUT2D eigenvalue weighted by atomic mass is 15.2. The molecule has 0 radical (unpaired) electrons. The SMILES string of the molecule is CC1CCN(CCC2CCCN2Cc2ccccc2)CC1. The van der Waals surface area contributed by atoms with Crippen molar-refractivity contribution in [2.75, 3.05) is 26.2 Å². The predicted octanol–water partition coefficient (Wildman–Crippen LogP) is 3.77. The molecule has 2 nitrogen and oxygen atoms in total. The zero-order valence-corrected chi connectivity index (χ0v) is 13.5. The molecule has 0 saturated carbocycles. The second-order valence-corrected chi connectivity index (χ2v) is 7.06. The van der Waals surface area contributed by atoms with Gasteiger partial charge in [0.05, 0.1) is 0 Å². The lowest BCUT2D eigenvalue weighted by Gasteiger charge is -2.32. The normalized spacial score (nSPS) is 25.5. The fourth-order valence-electron chi connectivity index (χ4n) is 3.87. The molecule has 116 valence electrons. The molecule has 0 spiro atoms. The summed E-state index contributed by atoms with van der Waals surface area (Å²) in [5, 5.41) is 0. The van der Waals surface area contributed by atoms with E-state index in [-0.39, 0.29) is 0 Å². The highest BCUT2D eigenvalue weighted by Gasteiger charge is 2.25. The zero-order valence-electron chi connectivity index (χ0n) is 13.5. The minimum atomic E-state index is 0.810. The number of hydrogen-bond donors (Lipinski definition) is 0. The van der Waals surface area contributed by atoms with Crippen molar-refractivity contribution in [3.63, 3.8) is 0 Å². The molecule has 21 heavy (non-hydrogen) atoms. The highest BCUT2D eigenvalue weighted by molar-refractivity contribution is 5.14. The second-order valence-electron chi connectivity index (χ2n) is 7.06. The molecule has 1 aromatic carbocycles. The van der Waals surface area contributed by atoms with Gasteiger partial charge in [0.1, 0.15) is 0 Å². The number of benzene rings is 1. The Hall–Kier alpha value is -0.860. The summed E-state index contributed by atoms with van der Waals surface area (Å²) in [6.45, 7) is 8.79. The van der Waals surface area contributed by atoms with E-state index >= 15 is 0 Å². The molecule has 0 amide bonds. The minimum absolute atomic E-state index is 0.810. The second kappa shape index (κ2) is 7.42. The first kappa shape index (κ1) is 15.1. The first-order valence-corrected chi connectivity index (χ1v) is 8.81. The average molecular weight is 286 g/mol. The Morgan fingerprint density at radius 3 is 2.52 bits per heavy atom. The summed E-state index contributed by atoms with van der Waals surface area (Å²) < 4.78 is 0. The summed E-state index contributed by atoms with van der Waals surface area (Å²) in [4.78, 5) is 5.40. The van der Waals surface area contributed by atoms with Crippen LogP contribution in [-0.4, -0.2) is 42.0 Å². The van der Waals surface area contributed by atoms with E-state index in [1.807, 2.05) is 0 Å². The first-order chi connectivity index (χ1) is 10.3. The lowest BCUT2D eigenvalue weighted by atomic mass is 9.99. The molecular formula is C19H30N2. The van der Waals surface area contributed by atoms with Gasteiger partial charge < -0.3 is 4.90 Å². The molecule has 2 aliphatic rings. The van der Waals surface area contributed by atoms with Crippen LogP contribution < -0.4 is 0 Å². The monoisotopic (exact) mass is 286 g/mol. The Kier molecular flexibility index (Phi) is 5.32. The first-order valence-electron chi connectivity index (χ1n) is 8.81. The van der Waals surface area contributed by atoms with Gasteiger partial charge in [-0.15, -0.1) is 0 Å². The van der Waals surface area contributed by atoms with Crippen LogP contribution in [0.1, 0.15) is 44.6 Å². The molecule has 2 aliphatic heterocycles. The van der Waals surface area contributed by atoms with Crippen molar-refractivity contribution >= 4 is 0 Å². The van der Waals surface area contributed by atoms with E-state index in [1.54, 1.807) is 0 Å². The summed E-state index contributed by atoms with van der Waals surface area (Å²) in [5.74, 6) is 0.947. The average Bonchev–Trinajstić information content (AvgIpc) is 2.95. The van der Waals surface area contributed by atoms with Gasteiger partial charge in [0, 0.05) is 12.6 Å². The fraction of sp³-hybridized carbons (Fsp3) is 0.684. The van der Waals surface area contributed by atoms with Gasteiger partial charge in [0.2, 0.25) is 0 Å². The van der Waals surface area contributed by atoms with Crippen LogP contribution in [0.5, 0.6) is 0 Å². The van der Waals surface area contributed by atoms with Crippen LogP contribution in [0.25, 0.3) is 0 Å². The Bertz CT molecular complexity index is 409. The number of nitrogens with zero attached hydrogens (tertiary/aromatic N) is 2. The van der Waals surface area contributed by atoms with E-state index in [0.717, 1.165) is 18.5 Å². The molecule has 0 N–H and O–H groups in total. The van der Waals surface area contributed by atoms with Gasteiger partial charge in [-0.05, 0) is 69.8 Å². The molecule has 1 atom stereocenters. The van der Waals surface area contributed by atoms with Crippen LogP contribution in [0.2, 0.25) is 0 Å². The third-order valence-corrected chi connectivity index (χ3v) is 5.38. The molecular weight excluding hydrogens is 256 g/mol. The molecule has 2 saturated heterocycles. The summed E-state index contributed by atoms with van der Waals surface area (Å²) in [6.07, 6.45) is 6.95. The van der Waals surface area contributed by atoms with Crippen molar-refractivity contribution in [2.24, 2.45) is 5.92 Å². The summed E-state index contributed by atoms with van der Waals surface area (Å²) in [5.41, 5.74) is 1.47. The van der Waals surface area contributed by atoms with Crippen LogP contribution in [0.15, 0.2) is 30.3 Å². The largest absolute Gasteiger partial charge is 0.303 e.